The summed E-state index contributed by atoms with van der Waals surface area (Å²) in [6.45, 7) is 3.48. The fraction of sp³-hybridized carbons (Fsp3) is 0.878. The van der Waals surface area contributed by atoms with Gasteiger partial charge in [-0.3, -0.25) is 13.8 Å². The first-order chi connectivity index (χ1) is 24.8. The zero-order valence-corrected chi connectivity index (χ0v) is 33.7. The lowest BCUT2D eigenvalue weighted by Gasteiger charge is -2.20. The van der Waals surface area contributed by atoms with Crippen LogP contribution in [0.4, 0.5) is 0 Å². The van der Waals surface area contributed by atoms with Crippen molar-refractivity contribution in [3.8, 4) is 0 Å². The van der Waals surface area contributed by atoms with Gasteiger partial charge in [-0.05, 0) is 64.2 Å². The zero-order valence-electron chi connectivity index (χ0n) is 32.8. The lowest BCUT2D eigenvalue weighted by molar-refractivity contribution is -0.154. The first-order valence-electron chi connectivity index (χ1n) is 20.8. The van der Waals surface area contributed by atoms with Gasteiger partial charge < -0.3 is 24.6 Å². The molecular formula is C41H79O9P. The third-order valence-corrected chi connectivity index (χ3v) is 9.81. The summed E-state index contributed by atoms with van der Waals surface area (Å²) >= 11 is 0. The van der Waals surface area contributed by atoms with Crippen molar-refractivity contribution in [2.24, 2.45) is 0 Å². The van der Waals surface area contributed by atoms with Crippen molar-refractivity contribution < 1.29 is 43.0 Å². The van der Waals surface area contributed by atoms with Crippen LogP contribution >= 0.6 is 7.82 Å². The summed E-state index contributed by atoms with van der Waals surface area (Å²) in [6.07, 6.45) is 38.5. The fourth-order valence-corrected chi connectivity index (χ4v) is 6.43. The van der Waals surface area contributed by atoms with Gasteiger partial charge in [-0.25, -0.2) is 4.57 Å². The molecule has 0 saturated carbocycles. The lowest BCUT2D eigenvalue weighted by Crippen LogP contribution is -2.29. The quantitative estimate of drug-likeness (QED) is 0.0242. The number of hydrogen-bond acceptors (Lipinski definition) is 8. The van der Waals surface area contributed by atoms with E-state index >= 15 is 0 Å². The number of hydrogen-bond donors (Lipinski definition) is 3. The van der Waals surface area contributed by atoms with Crippen LogP contribution in [-0.4, -0.2) is 66.3 Å². The maximum atomic E-state index is 12.6. The number of phosphoric ester groups is 1. The van der Waals surface area contributed by atoms with Crippen LogP contribution < -0.4 is 0 Å². The molecule has 3 N–H and O–H groups in total. The number of aliphatic hydroxyl groups excluding tert-OH is 2. The molecule has 3 atom stereocenters. The Bertz CT molecular complexity index is 851. The first kappa shape index (κ1) is 49.9. The zero-order chi connectivity index (χ0) is 37.5. The number of esters is 1. The van der Waals surface area contributed by atoms with E-state index in [9.17, 15) is 19.4 Å². The first-order valence-corrected chi connectivity index (χ1v) is 22.3. The van der Waals surface area contributed by atoms with Crippen LogP contribution in [0.15, 0.2) is 24.3 Å². The van der Waals surface area contributed by atoms with Crippen molar-refractivity contribution in [2.45, 2.75) is 199 Å². The lowest BCUT2D eigenvalue weighted by atomic mass is 10.1. The second kappa shape index (κ2) is 38.7. The van der Waals surface area contributed by atoms with Crippen LogP contribution in [-0.2, 0) is 27.9 Å². The predicted octanol–water partition coefficient (Wildman–Crippen LogP) is 11.1. The van der Waals surface area contributed by atoms with Crippen LogP contribution in [0.1, 0.15) is 187 Å². The normalized spacial score (nSPS) is 14.4. The molecule has 0 aromatic heterocycles. The maximum absolute atomic E-state index is 12.6. The Kier molecular flexibility index (Phi) is 37.9. The highest BCUT2D eigenvalue weighted by Gasteiger charge is 2.26. The van der Waals surface area contributed by atoms with E-state index in [4.69, 9.17) is 23.6 Å². The van der Waals surface area contributed by atoms with Crippen LogP contribution in [0.2, 0.25) is 0 Å². The fourth-order valence-electron chi connectivity index (χ4n) is 5.64. The molecule has 0 bridgehead atoms. The van der Waals surface area contributed by atoms with E-state index in [2.05, 4.69) is 38.2 Å². The molecule has 0 aliphatic heterocycles. The molecule has 0 saturated heterocycles. The number of phosphoric acid groups is 1. The average Bonchev–Trinajstić information content (AvgIpc) is 3.12. The standard InChI is InChI=1S/C41H79O9P/c1-3-5-7-9-11-13-15-17-18-19-20-21-22-24-26-28-30-32-34-47-37-40(38-49-51(45,46)48-36-39(43)35-42)50-41(44)33-31-29-27-25-23-16-14-12-10-8-6-4-2/h12,14,17-18,39-40,42-43H,3-11,13,15-16,19-38H2,1-2H3,(H,45,46)/b14-12-,18-17-. The Labute approximate surface area is 313 Å². The SMILES string of the molecule is CCCCC/C=C\CCCCCCCC(=O)OC(COCCCCCCCCCC/C=C\CCCCCCCC)COP(=O)(O)OCC(O)CO. The average molecular weight is 747 g/mol. The number of aliphatic hydroxyl groups is 2. The van der Waals surface area contributed by atoms with Gasteiger partial charge in [0, 0.05) is 13.0 Å². The van der Waals surface area contributed by atoms with Crippen molar-refractivity contribution >= 4 is 13.8 Å². The summed E-state index contributed by atoms with van der Waals surface area (Å²) in [5.41, 5.74) is 0. The summed E-state index contributed by atoms with van der Waals surface area (Å²) < 4.78 is 33.3. The largest absolute Gasteiger partial charge is 0.472 e. The second-order valence-electron chi connectivity index (χ2n) is 14.0. The van der Waals surface area contributed by atoms with E-state index in [1.165, 1.54) is 109 Å². The highest BCUT2D eigenvalue weighted by atomic mass is 31.2. The van der Waals surface area contributed by atoms with Crippen molar-refractivity contribution in [3.05, 3.63) is 24.3 Å². The molecule has 0 aromatic rings. The van der Waals surface area contributed by atoms with Gasteiger partial charge >= 0.3 is 13.8 Å². The van der Waals surface area contributed by atoms with E-state index in [0.29, 0.717) is 6.61 Å². The van der Waals surface area contributed by atoms with Crippen LogP contribution in [0, 0.1) is 0 Å². The highest BCUT2D eigenvalue weighted by Crippen LogP contribution is 2.43. The van der Waals surface area contributed by atoms with Gasteiger partial charge in [0.25, 0.3) is 0 Å². The molecule has 0 spiro atoms. The van der Waals surface area contributed by atoms with Gasteiger partial charge in [0.05, 0.1) is 26.4 Å². The molecule has 0 amide bonds. The molecule has 0 fully saturated rings. The molecule has 0 aliphatic carbocycles. The van der Waals surface area contributed by atoms with Gasteiger partial charge in [0.15, 0.2) is 0 Å². The monoisotopic (exact) mass is 747 g/mol. The molecular weight excluding hydrogens is 667 g/mol. The topological polar surface area (TPSA) is 132 Å². The van der Waals surface area contributed by atoms with Gasteiger partial charge in [-0.15, -0.1) is 0 Å². The number of ether oxygens (including phenoxy) is 2. The van der Waals surface area contributed by atoms with E-state index in [-0.39, 0.29) is 19.6 Å². The molecule has 3 unspecified atom stereocenters. The highest BCUT2D eigenvalue weighted by molar-refractivity contribution is 7.47. The smallest absolute Gasteiger partial charge is 0.457 e. The van der Waals surface area contributed by atoms with E-state index in [0.717, 1.165) is 57.8 Å². The van der Waals surface area contributed by atoms with Crippen LogP contribution in [0.3, 0.4) is 0 Å². The molecule has 51 heavy (non-hydrogen) atoms. The van der Waals surface area contributed by atoms with Gasteiger partial charge in [-0.2, -0.15) is 0 Å². The molecule has 0 heterocycles. The van der Waals surface area contributed by atoms with Gasteiger partial charge in [0.1, 0.15) is 12.2 Å². The molecule has 0 aromatic carbocycles. The third kappa shape index (κ3) is 38.5. The Morgan fingerprint density at radius 1 is 0.588 bits per heavy atom. The minimum Gasteiger partial charge on any atom is -0.457 e. The van der Waals surface area contributed by atoms with Crippen LogP contribution in [0.25, 0.3) is 0 Å². The van der Waals surface area contributed by atoms with Crippen LogP contribution in [0.5, 0.6) is 0 Å². The Morgan fingerprint density at radius 2 is 1.00 bits per heavy atom. The summed E-state index contributed by atoms with van der Waals surface area (Å²) in [5.74, 6) is -0.393. The number of carbonyl (C=O) groups is 1. The van der Waals surface area contributed by atoms with E-state index in [1.807, 2.05) is 0 Å². The van der Waals surface area contributed by atoms with Crippen molar-refractivity contribution in [1.29, 1.82) is 0 Å². The number of unbranched alkanes of at least 4 members (excludes halogenated alkanes) is 22. The van der Waals surface area contributed by atoms with Gasteiger partial charge in [0.2, 0.25) is 0 Å². The molecule has 0 radical (unpaired) electrons. The summed E-state index contributed by atoms with van der Waals surface area (Å²) in [6, 6.07) is 0. The van der Waals surface area contributed by atoms with Crippen molar-refractivity contribution in [1.82, 2.24) is 0 Å². The number of allylic oxidation sites excluding steroid dienone is 4. The molecule has 0 aliphatic rings. The summed E-state index contributed by atoms with van der Waals surface area (Å²) in [4.78, 5) is 22.5. The maximum Gasteiger partial charge on any atom is 0.472 e. The minimum atomic E-state index is -4.51. The molecule has 10 heteroatoms. The predicted molar refractivity (Wildman–Crippen MR) is 210 cm³/mol. The van der Waals surface area contributed by atoms with Gasteiger partial charge in [-0.1, -0.05) is 141 Å². The second-order valence-corrected chi connectivity index (χ2v) is 15.5. The molecule has 0 rings (SSSR count). The Hall–Kier alpha value is -1.06. The molecule has 302 valence electrons. The summed E-state index contributed by atoms with van der Waals surface area (Å²) in [7, 11) is -4.51. The molecule has 9 nitrogen and oxygen atoms in total. The summed E-state index contributed by atoms with van der Waals surface area (Å²) in [5, 5.41) is 18.3. The third-order valence-electron chi connectivity index (χ3n) is 8.86. The van der Waals surface area contributed by atoms with Crippen molar-refractivity contribution in [2.75, 3.05) is 33.0 Å². The minimum absolute atomic E-state index is 0.0460. The number of carbonyl (C=O) groups excluding carboxylic acids is 1. The Balaban J connectivity index is 4.16. The van der Waals surface area contributed by atoms with E-state index < -0.39 is 39.2 Å². The van der Waals surface area contributed by atoms with Crippen molar-refractivity contribution in [3.63, 3.8) is 0 Å². The van der Waals surface area contributed by atoms with E-state index in [1.54, 1.807) is 0 Å². The Morgan fingerprint density at radius 3 is 1.51 bits per heavy atom. The number of rotatable bonds is 40.